The van der Waals surface area contributed by atoms with E-state index in [2.05, 4.69) is 5.32 Å². The molecule has 0 atom stereocenters. The Hall–Kier alpha value is -2.14. The Morgan fingerprint density at radius 1 is 1.18 bits per heavy atom. The fourth-order valence-corrected chi connectivity index (χ4v) is 1.78. The Morgan fingerprint density at radius 3 is 2.50 bits per heavy atom. The Morgan fingerprint density at radius 2 is 1.91 bits per heavy atom. The van der Waals surface area contributed by atoms with Crippen LogP contribution in [-0.4, -0.2) is 67.1 Å². The molecule has 0 aliphatic heterocycles. The molecule has 0 fully saturated rings. The number of nitrogens with zero attached hydrogens (tertiary/aromatic N) is 2. The Bertz CT molecular complexity index is 485. The van der Waals surface area contributed by atoms with Crippen LogP contribution in [0, 0.1) is 11.3 Å². The van der Waals surface area contributed by atoms with E-state index in [0.717, 1.165) is 5.69 Å². The zero-order chi connectivity index (χ0) is 16.2. The number of carbonyl (C=O) groups is 1. The third-order valence-corrected chi connectivity index (χ3v) is 2.92. The van der Waals surface area contributed by atoms with E-state index in [1.807, 2.05) is 6.07 Å². The molecule has 1 rings (SSSR count). The van der Waals surface area contributed by atoms with Crippen LogP contribution in [-0.2, 0) is 9.53 Å². The lowest BCUT2D eigenvalue weighted by molar-refractivity contribution is -0.130. The van der Waals surface area contributed by atoms with Crippen LogP contribution in [0.5, 0.6) is 0 Å². The van der Waals surface area contributed by atoms with Gasteiger partial charge in [-0.05, 0) is 24.3 Å². The summed E-state index contributed by atoms with van der Waals surface area (Å²) in [4.78, 5) is 13.6. The van der Waals surface area contributed by atoms with E-state index in [1.165, 1.54) is 4.90 Å². The highest BCUT2D eigenvalue weighted by Crippen LogP contribution is 2.08. The van der Waals surface area contributed by atoms with E-state index in [4.69, 9.17) is 20.2 Å². The summed E-state index contributed by atoms with van der Waals surface area (Å²) in [6.45, 7) is 1.03. The number of benzene rings is 1. The van der Waals surface area contributed by atoms with Crippen molar-refractivity contribution in [1.82, 2.24) is 4.90 Å². The first kappa shape index (κ1) is 17.9. The summed E-state index contributed by atoms with van der Waals surface area (Å²) in [6.07, 6.45) is 0. The molecule has 1 aromatic carbocycles. The van der Waals surface area contributed by atoms with E-state index >= 15 is 0 Å². The van der Waals surface area contributed by atoms with Crippen LogP contribution < -0.4 is 5.32 Å². The molecule has 0 aromatic heterocycles. The summed E-state index contributed by atoms with van der Waals surface area (Å²) in [5.41, 5.74) is 1.30. The van der Waals surface area contributed by atoms with Gasteiger partial charge in [0.1, 0.15) is 0 Å². The van der Waals surface area contributed by atoms with E-state index in [-0.39, 0.29) is 38.8 Å². The Balaban J connectivity index is 2.42. The van der Waals surface area contributed by atoms with E-state index in [0.29, 0.717) is 18.7 Å². The summed E-state index contributed by atoms with van der Waals surface area (Å²) < 4.78 is 5.12. The third kappa shape index (κ3) is 6.54. The SMILES string of the molecule is N#Cc1ccc(NCC(=O)N(CCO)CCOCCO)cc1. The molecule has 7 heteroatoms. The number of aliphatic hydroxyl groups excluding tert-OH is 2. The van der Waals surface area contributed by atoms with Gasteiger partial charge in [0, 0.05) is 18.8 Å². The van der Waals surface area contributed by atoms with Crippen LogP contribution in [0.1, 0.15) is 5.56 Å². The molecule has 7 nitrogen and oxygen atoms in total. The van der Waals surface area contributed by atoms with Crippen molar-refractivity contribution in [2.75, 3.05) is 51.4 Å². The second kappa shape index (κ2) is 10.6. The minimum absolute atomic E-state index is 0.0613. The molecule has 0 bridgehead atoms. The number of nitrogens with one attached hydrogen (secondary N) is 1. The van der Waals surface area contributed by atoms with Crippen molar-refractivity contribution in [3.05, 3.63) is 29.8 Å². The largest absolute Gasteiger partial charge is 0.395 e. The molecular weight excluding hydrogens is 286 g/mol. The predicted octanol–water partition coefficient (Wildman–Crippen LogP) is -0.200. The maximum Gasteiger partial charge on any atom is 0.242 e. The van der Waals surface area contributed by atoms with Crippen LogP contribution in [0.2, 0.25) is 0 Å². The van der Waals surface area contributed by atoms with Crippen LogP contribution in [0.25, 0.3) is 0 Å². The van der Waals surface area contributed by atoms with Gasteiger partial charge in [-0.25, -0.2) is 0 Å². The van der Waals surface area contributed by atoms with Gasteiger partial charge in [0.25, 0.3) is 0 Å². The topological polar surface area (TPSA) is 106 Å². The predicted molar refractivity (Wildman–Crippen MR) is 81.2 cm³/mol. The van der Waals surface area contributed by atoms with Gasteiger partial charge in [0.2, 0.25) is 5.91 Å². The molecule has 120 valence electrons. The quantitative estimate of drug-likeness (QED) is 0.517. The van der Waals surface area contributed by atoms with Gasteiger partial charge < -0.3 is 25.2 Å². The van der Waals surface area contributed by atoms with Gasteiger partial charge in [-0.2, -0.15) is 5.26 Å². The normalized spacial score (nSPS) is 10.0. The van der Waals surface area contributed by atoms with Crippen molar-refractivity contribution in [2.45, 2.75) is 0 Å². The summed E-state index contributed by atoms with van der Waals surface area (Å²) in [7, 11) is 0. The molecule has 0 radical (unpaired) electrons. The summed E-state index contributed by atoms with van der Waals surface area (Å²) >= 11 is 0. The number of amides is 1. The van der Waals surface area contributed by atoms with Gasteiger partial charge in [-0.1, -0.05) is 0 Å². The molecule has 0 aliphatic rings. The zero-order valence-electron chi connectivity index (χ0n) is 12.4. The van der Waals surface area contributed by atoms with Gasteiger partial charge >= 0.3 is 0 Å². The lowest BCUT2D eigenvalue weighted by Crippen LogP contribution is -2.39. The third-order valence-electron chi connectivity index (χ3n) is 2.92. The number of nitriles is 1. The highest BCUT2D eigenvalue weighted by molar-refractivity contribution is 5.80. The number of hydrogen-bond acceptors (Lipinski definition) is 6. The van der Waals surface area contributed by atoms with Gasteiger partial charge in [0.15, 0.2) is 0 Å². The molecule has 1 aromatic rings. The van der Waals surface area contributed by atoms with Crippen molar-refractivity contribution in [1.29, 1.82) is 5.26 Å². The van der Waals surface area contributed by atoms with Crippen LogP contribution in [0.4, 0.5) is 5.69 Å². The van der Waals surface area contributed by atoms with Crippen molar-refractivity contribution >= 4 is 11.6 Å². The van der Waals surface area contributed by atoms with Gasteiger partial charge in [-0.15, -0.1) is 0 Å². The maximum atomic E-state index is 12.1. The molecule has 3 N–H and O–H groups in total. The summed E-state index contributed by atoms with van der Waals surface area (Å²) in [5.74, 6) is -0.161. The highest BCUT2D eigenvalue weighted by Gasteiger charge is 2.12. The highest BCUT2D eigenvalue weighted by atomic mass is 16.5. The molecule has 0 heterocycles. The second-order valence-electron chi connectivity index (χ2n) is 4.48. The standard InChI is InChI=1S/C15H21N3O4/c16-11-13-1-3-14(4-2-13)17-12-15(21)18(5-7-19)6-9-22-10-8-20/h1-4,17,19-20H,5-10,12H2. The van der Waals surface area contributed by atoms with Crippen LogP contribution in [0.15, 0.2) is 24.3 Å². The molecular formula is C15H21N3O4. The van der Waals surface area contributed by atoms with Crippen LogP contribution in [0.3, 0.4) is 0 Å². The number of ether oxygens (including phenoxy) is 1. The number of aliphatic hydroxyl groups is 2. The average molecular weight is 307 g/mol. The molecule has 0 spiro atoms. The zero-order valence-corrected chi connectivity index (χ0v) is 12.4. The van der Waals surface area contributed by atoms with Crippen LogP contribution >= 0.6 is 0 Å². The van der Waals surface area contributed by atoms with Crippen molar-refractivity contribution in [2.24, 2.45) is 0 Å². The first-order chi connectivity index (χ1) is 10.7. The molecule has 0 saturated carbocycles. The number of rotatable bonds is 10. The van der Waals surface area contributed by atoms with E-state index in [1.54, 1.807) is 24.3 Å². The van der Waals surface area contributed by atoms with Gasteiger partial charge in [0.05, 0.1) is 44.6 Å². The second-order valence-corrected chi connectivity index (χ2v) is 4.48. The first-order valence-corrected chi connectivity index (χ1v) is 7.02. The summed E-state index contributed by atoms with van der Waals surface area (Å²) in [5, 5.41) is 29.3. The number of hydrogen-bond donors (Lipinski definition) is 3. The molecule has 22 heavy (non-hydrogen) atoms. The van der Waals surface area contributed by atoms with Crippen molar-refractivity contribution in [3.63, 3.8) is 0 Å². The Labute approximate surface area is 129 Å². The monoisotopic (exact) mass is 307 g/mol. The van der Waals surface area contributed by atoms with Gasteiger partial charge in [-0.3, -0.25) is 4.79 Å². The minimum atomic E-state index is -0.161. The first-order valence-electron chi connectivity index (χ1n) is 7.02. The average Bonchev–Trinajstić information content (AvgIpc) is 2.56. The van der Waals surface area contributed by atoms with Crippen molar-refractivity contribution < 1.29 is 19.7 Å². The Kier molecular flexibility index (Phi) is 8.60. The number of anilines is 1. The molecule has 1 amide bonds. The fraction of sp³-hybridized carbons (Fsp3) is 0.467. The van der Waals surface area contributed by atoms with E-state index in [9.17, 15) is 4.79 Å². The molecule has 0 aliphatic carbocycles. The maximum absolute atomic E-state index is 12.1. The summed E-state index contributed by atoms with van der Waals surface area (Å²) in [6, 6.07) is 8.82. The lowest BCUT2D eigenvalue weighted by atomic mass is 10.2. The molecule has 0 saturated heterocycles. The minimum Gasteiger partial charge on any atom is -0.395 e. The molecule has 0 unspecified atom stereocenters. The lowest BCUT2D eigenvalue weighted by Gasteiger charge is -2.22. The van der Waals surface area contributed by atoms with Crippen molar-refractivity contribution in [3.8, 4) is 6.07 Å². The van der Waals surface area contributed by atoms with E-state index < -0.39 is 0 Å². The number of carbonyl (C=O) groups excluding carboxylic acids is 1. The smallest absolute Gasteiger partial charge is 0.242 e. The fourth-order valence-electron chi connectivity index (χ4n) is 1.78.